The minimum atomic E-state index is -0.849. The molecule has 106 valence electrons. The first-order valence-electron chi connectivity index (χ1n) is 6.30. The zero-order valence-corrected chi connectivity index (χ0v) is 12.0. The summed E-state index contributed by atoms with van der Waals surface area (Å²) < 4.78 is 13.6. The van der Waals surface area contributed by atoms with Crippen LogP contribution in [0.2, 0.25) is 5.02 Å². The lowest BCUT2D eigenvalue weighted by atomic mass is 10.1. The van der Waals surface area contributed by atoms with Crippen molar-refractivity contribution >= 4 is 17.6 Å². The Morgan fingerprint density at radius 3 is 2.68 bits per heavy atom. The third kappa shape index (κ3) is 5.17. The molecule has 19 heavy (non-hydrogen) atoms. The molecule has 1 aromatic carbocycles. The number of benzene rings is 1. The molecule has 0 aliphatic carbocycles. The van der Waals surface area contributed by atoms with Gasteiger partial charge < -0.3 is 5.11 Å². The van der Waals surface area contributed by atoms with Crippen molar-refractivity contribution in [3.8, 4) is 0 Å². The molecule has 3 nitrogen and oxygen atoms in total. The van der Waals surface area contributed by atoms with Gasteiger partial charge in [-0.05, 0) is 45.4 Å². The van der Waals surface area contributed by atoms with Crippen molar-refractivity contribution in [3.05, 3.63) is 34.6 Å². The first-order valence-corrected chi connectivity index (χ1v) is 6.68. The van der Waals surface area contributed by atoms with Crippen molar-refractivity contribution in [3.63, 3.8) is 0 Å². The average Bonchev–Trinajstić information content (AvgIpc) is 2.30. The second kappa shape index (κ2) is 7.46. The Balaban J connectivity index is 2.54. The van der Waals surface area contributed by atoms with E-state index in [1.807, 2.05) is 18.7 Å². The van der Waals surface area contributed by atoms with Crippen LogP contribution < -0.4 is 0 Å². The number of rotatable bonds is 7. The summed E-state index contributed by atoms with van der Waals surface area (Å²) in [5.74, 6) is -1.15. The van der Waals surface area contributed by atoms with Gasteiger partial charge in [-0.25, -0.2) is 4.39 Å². The number of nitrogens with zero attached hydrogens (tertiary/aromatic N) is 1. The molecule has 0 atom stereocenters. The number of hydrogen-bond acceptors (Lipinski definition) is 2. The zero-order chi connectivity index (χ0) is 14.4. The molecule has 1 rings (SSSR count). The maximum Gasteiger partial charge on any atom is 0.317 e. The molecule has 5 heteroatoms. The molecule has 0 saturated heterocycles. The van der Waals surface area contributed by atoms with Crippen molar-refractivity contribution in [2.45, 2.75) is 32.7 Å². The van der Waals surface area contributed by atoms with E-state index in [2.05, 4.69) is 0 Å². The molecule has 0 radical (unpaired) electrons. The Morgan fingerprint density at radius 1 is 1.47 bits per heavy atom. The minimum Gasteiger partial charge on any atom is -0.480 e. The molecule has 1 N–H and O–H groups in total. The van der Waals surface area contributed by atoms with Gasteiger partial charge in [-0.2, -0.15) is 0 Å². The van der Waals surface area contributed by atoms with Crippen LogP contribution in [0, 0.1) is 5.82 Å². The molecule has 0 aliphatic heterocycles. The summed E-state index contributed by atoms with van der Waals surface area (Å²) in [7, 11) is 0. The van der Waals surface area contributed by atoms with Crippen LogP contribution in [0.15, 0.2) is 18.2 Å². The Morgan fingerprint density at radius 2 is 2.16 bits per heavy atom. The van der Waals surface area contributed by atoms with Gasteiger partial charge in [0, 0.05) is 16.6 Å². The van der Waals surface area contributed by atoms with Crippen LogP contribution in [0.5, 0.6) is 0 Å². The minimum absolute atomic E-state index is 0.00265. The summed E-state index contributed by atoms with van der Waals surface area (Å²) in [4.78, 5) is 12.6. The lowest BCUT2D eigenvalue weighted by Gasteiger charge is -2.24. The van der Waals surface area contributed by atoms with E-state index in [1.165, 1.54) is 6.07 Å². The van der Waals surface area contributed by atoms with Crippen LogP contribution in [-0.4, -0.2) is 35.1 Å². The van der Waals surface area contributed by atoms with E-state index in [4.69, 9.17) is 16.7 Å². The second-order valence-electron chi connectivity index (χ2n) is 4.76. The number of carboxylic acids is 1. The first kappa shape index (κ1) is 15.9. The van der Waals surface area contributed by atoms with E-state index in [0.29, 0.717) is 30.0 Å². The van der Waals surface area contributed by atoms with Gasteiger partial charge >= 0.3 is 5.97 Å². The summed E-state index contributed by atoms with van der Waals surface area (Å²) in [6.07, 6.45) is 1.18. The molecule has 0 bridgehead atoms. The topological polar surface area (TPSA) is 40.5 Å². The molecule has 0 unspecified atom stereocenters. The maximum atomic E-state index is 13.6. The van der Waals surface area contributed by atoms with Gasteiger partial charge in [-0.3, -0.25) is 9.69 Å². The highest BCUT2D eigenvalue weighted by molar-refractivity contribution is 6.31. The second-order valence-corrected chi connectivity index (χ2v) is 5.17. The SMILES string of the molecule is CC(C)N(CCCc1c(F)cccc1Cl)CC(=O)O. The van der Waals surface area contributed by atoms with E-state index in [1.54, 1.807) is 12.1 Å². The highest BCUT2D eigenvalue weighted by atomic mass is 35.5. The van der Waals surface area contributed by atoms with Crippen LogP contribution in [-0.2, 0) is 11.2 Å². The summed E-state index contributed by atoms with van der Waals surface area (Å²) in [5, 5.41) is 9.24. The predicted molar refractivity (Wildman–Crippen MR) is 74.1 cm³/mol. The standard InChI is InChI=1S/C14H19ClFNO2/c1-10(2)17(9-14(18)19)8-4-5-11-12(15)6-3-7-13(11)16/h3,6-7,10H,4-5,8-9H2,1-2H3,(H,18,19). The van der Waals surface area contributed by atoms with Crippen LogP contribution in [0.4, 0.5) is 4.39 Å². The third-order valence-corrected chi connectivity index (χ3v) is 3.36. The molecule has 0 saturated carbocycles. The highest BCUT2D eigenvalue weighted by Gasteiger charge is 2.14. The van der Waals surface area contributed by atoms with Gasteiger partial charge in [-0.15, -0.1) is 0 Å². The normalized spacial score (nSPS) is 11.3. The Bertz CT molecular complexity index is 417. The average molecular weight is 288 g/mol. The van der Waals surface area contributed by atoms with Crippen molar-refractivity contribution in [1.29, 1.82) is 0 Å². The van der Waals surface area contributed by atoms with Crippen molar-refractivity contribution in [2.24, 2.45) is 0 Å². The Hall–Kier alpha value is -1.13. The molecule has 0 amide bonds. The molecule has 0 fully saturated rings. The van der Waals surface area contributed by atoms with Crippen LogP contribution >= 0.6 is 11.6 Å². The first-order chi connectivity index (χ1) is 8.91. The monoisotopic (exact) mass is 287 g/mol. The number of carboxylic acid groups (broad SMARTS) is 1. The van der Waals surface area contributed by atoms with Crippen LogP contribution in [0.1, 0.15) is 25.8 Å². The van der Waals surface area contributed by atoms with E-state index >= 15 is 0 Å². The smallest absolute Gasteiger partial charge is 0.317 e. The lowest BCUT2D eigenvalue weighted by molar-refractivity contribution is -0.138. The van der Waals surface area contributed by atoms with Gasteiger partial charge in [-0.1, -0.05) is 17.7 Å². The largest absolute Gasteiger partial charge is 0.480 e. The molecule has 0 spiro atoms. The maximum absolute atomic E-state index is 13.6. The summed E-state index contributed by atoms with van der Waals surface area (Å²) in [6, 6.07) is 4.77. The van der Waals surface area contributed by atoms with Gasteiger partial charge in [0.2, 0.25) is 0 Å². The van der Waals surface area contributed by atoms with Crippen molar-refractivity contribution in [2.75, 3.05) is 13.1 Å². The molecular weight excluding hydrogens is 269 g/mol. The van der Waals surface area contributed by atoms with E-state index < -0.39 is 5.97 Å². The summed E-state index contributed by atoms with van der Waals surface area (Å²) >= 11 is 5.94. The van der Waals surface area contributed by atoms with Gasteiger partial charge in [0.05, 0.1) is 6.54 Å². The molecule has 0 aliphatic rings. The number of halogens is 2. The van der Waals surface area contributed by atoms with Gasteiger partial charge in [0.25, 0.3) is 0 Å². The highest BCUT2D eigenvalue weighted by Crippen LogP contribution is 2.20. The van der Waals surface area contributed by atoms with Crippen LogP contribution in [0.3, 0.4) is 0 Å². The molecule has 0 heterocycles. The van der Waals surface area contributed by atoms with Gasteiger partial charge in [0.1, 0.15) is 5.82 Å². The fourth-order valence-electron chi connectivity index (χ4n) is 1.92. The number of aliphatic carboxylic acids is 1. The Labute approximate surface area is 118 Å². The zero-order valence-electron chi connectivity index (χ0n) is 11.2. The lowest BCUT2D eigenvalue weighted by Crippen LogP contribution is -2.36. The summed E-state index contributed by atoms with van der Waals surface area (Å²) in [5.41, 5.74) is 0.503. The van der Waals surface area contributed by atoms with E-state index in [9.17, 15) is 9.18 Å². The molecule has 0 aromatic heterocycles. The van der Waals surface area contributed by atoms with Crippen molar-refractivity contribution in [1.82, 2.24) is 4.90 Å². The third-order valence-electron chi connectivity index (χ3n) is 3.00. The predicted octanol–water partition coefficient (Wildman–Crippen LogP) is 3.21. The Kier molecular flexibility index (Phi) is 6.25. The van der Waals surface area contributed by atoms with Gasteiger partial charge in [0.15, 0.2) is 0 Å². The number of hydrogen-bond donors (Lipinski definition) is 1. The van der Waals surface area contributed by atoms with Crippen LogP contribution in [0.25, 0.3) is 0 Å². The molecule has 1 aromatic rings. The quantitative estimate of drug-likeness (QED) is 0.837. The number of carbonyl (C=O) groups is 1. The summed E-state index contributed by atoms with van der Waals surface area (Å²) in [6.45, 7) is 4.50. The fraction of sp³-hybridized carbons (Fsp3) is 0.500. The van der Waals surface area contributed by atoms with Crippen molar-refractivity contribution < 1.29 is 14.3 Å². The van der Waals surface area contributed by atoms with E-state index in [0.717, 1.165) is 0 Å². The fourth-order valence-corrected chi connectivity index (χ4v) is 2.18. The van der Waals surface area contributed by atoms with E-state index in [-0.39, 0.29) is 18.4 Å². The molecular formula is C14H19ClFNO2.